The summed E-state index contributed by atoms with van der Waals surface area (Å²) in [4.78, 5) is 12.9. The van der Waals surface area contributed by atoms with E-state index in [0.29, 0.717) is 0 Å². The number of nitrogens with one attached hydrogen (secondary N) is 1. The molecule has 104 valence electrons. The third-order valence-corrected chi connectivity index (χ3v) is 4.79. The van der Waals surface area contributed by atoms with Gasteiger partial charge in [-0.25, -0.2) is 0 Å². The Morgan fingerprint density at radius 3 is 2.90 bits per heavy atom. The number of rotatable bonds is 3. The van der Waals surface area contributed by atoms with Crippen molar-refractivity contribution in [3.8, 4) is 0 Å². The third kappa shape index (κ3) is 2.05. The Morgan fingerprint density at radius 1 is 1.45 bits per heavy atom. The zero-order valence-electron chi connectivity index (χ0n) is 11.5. The second-order valence-electron chi connectivity index (χ2n) is 5.17. The van der Waals surface area contributed by atoms with Crippen LogP contribution < -0.4 is 5.32 Å². The van der Waals surface area contributed by atoms with Crippen LogP contribution in [0, 0.1) is 6.92 Å². The average molecular weight is 287 g/mol. The molecule has 4 heteroatoms. The van der Waals surface area contributed by atoms with Crippen LogP contribution in [0.2, 0.25) is 0 Å². The first kappa shape index (κ1) is 13.3. The van der Waals surface area contributed by atoms with Gasteiger partial charge in [0.2, 0.25) is 5.91 Å². The second-order valence-corrected chi connectivity index (χ2v) is 6.15. The molecule has 2 N–H and O–H groups in total. The Labute approximate surface area is 122 Å². The maximum atomic E-state index is 12.0. The summed E-state index contributed by atoms with van der Waals surface area (Å²) < 4.78 is 0. The number of hydrogen-bond acceptors (Lipinski definition) is 3. The number of benzene rings is 1. The molecule has 1 amide bonds. The minimum atomic E-state index is -0.618. The summed E-state index contributed by atoms with van der Waals surface area (Å²) >= 11 is 1.54. The van der Waals surface area contributed by atoms with Gasteiger partial charge in [0.15, 0.2) is 0 Å². The highest BCUT2D eigenvalue weighted by Gasteiger charge is 2.31. The molecule has 0 bridgehead atoms. The van der Waals surface area contributed by atoms with Gasteiger partial charge in [-0.05, 0) is 47.5 Å². The van der Waals surface area contributed by atoms with Crippen LogP contribution in [0.25, 0.3) is 0 Å². The number of thiophene rings is 1. The molecule has 1 aromatic carbocycles. The van der Waals surface area contributed by atoms with E-state index in [2.05, 4.69) is 5.32 Å². The molecule has 0 radical (unpaired) electrons. The Morgan fingerprint density at radius 2 is 2.25 bits per heavy atom. The van der Waals surface area contributed by atoms with Gasteiger partial charge in [-0.2, -0.15) is 0 Å². The van der Waals surface area contributed by atoms with E-state index in [1.54, 1.807) is 0 Å². The molecule has 3 nitrogen and oxygen atoms in total. The van der Waals surface area contributed by atoms with E-state index < -0.39 is 6.10 Å². The van der Waals surface area contributed by atoms with Crippen molar-refractivity contribution in [3.05, 3.63) is 51.2 Å². The number of carbonyl (C=O) groups excluding carboxylic acids is 1. The summed E-state index contributed by atoms with van der Waals surface area (Å²) in [6.45, 7) is 3.98. The Balaban J connectivity index is 2.06. The van der Waals surface area contributed by atoms with Crippen molar-refractivity contribution in [2.45, 2.75) is 32.3 Å². The standard InChI is InChI=1S/C16H17NO2S/c1-3-11-12-8-10(15(18)13-5-4-6-20-13)7-9(2)14(12)17-16(11)19/h4-8,11,15,18H,3H2,1-2H3,(H,17,19). The summed E-state index contributed by atoms with van der Waals surface area (Å²) in [7, 11) is 0. The monoisotopic (exact) mass is 287 g/mol. The van der Waals surface area contributed by atoms with Crippen LogP contribution in [0.5, 0.6) is 0 Å². The molecule has 1 aliphatic rings. The Hall–Kier alpha value is -1.65. The average Bonchev–Trinajstić information content (AvgIpc) is 3.05. The number of fused-ring (bicyclic) bond motifs is 1. The molecule has 0 aliphatic carbocycles. The zero-order valence-corrected chi connectivity index (χ0v) is 12.3. The molecule has 0 fully saturated rings. The molecule has 1 aromatic heterocycles. The van der Waals surface area contributed by atoms with E-state index in [1.165, 1.54) is 11.3 Å². The predicted molar refractivity (Wildman–Crippen MR) is 81.2 cm³/mol. The number of amides is 1. The van der Waals surface area contributed by atoms with Crippen LogP contribution in [0.1, 0.15) is 46.9 Å². The van der Waals surface area contributed by atoms with Crippen LogP contribution in [0.15, 0.2) is 29.6 Å². The zero-order chi connectivity index (χ0) is 14.3. The number of hydrogen-bond donors (Lipinski definition) is 2. The molecular formula is C16H17NO2S. The summed E-state index contributed by atoms with van der Waals surface area (Å²) in [6.07, 6.45) is 0.156. The van der Waals surface area contributed by atoms with E-state index in [-0.39, 0.29) is 11.8 Å². The van der Waals surface area contributed by atoms with E-state index in [4.69, 9.17) is 0 Å². The van der Waals surface area contributed by atoms with E-state index >= 15 is 0 Å². The van der Waals surface area contributed by atoms with Crippen LogP contribution in [-0.4, -0.2) is 11.0 Å². The fourth-order valence-corrected chi connectivity index (χ4v) is 3.55. The SMILES string of the molecule is CCC1C(=O)Nc2c(C)cc(C(O)c3cccs3)cc21. The minimum absolute atomic E-state index is 0.0633. The lowest BCUT2D eigenvalue weighted by Gasteiger charge is -2.14. The normalized spacial score (nSPS) is 18.8. The van der Waals surface area contributed by atoms with Crippen molar-refractivity contribution in [2.75, 3.05) is 5.32 Å². The summed E-state index contributed by atoms with van der Waals surface area (Å²) in [5, 5.41) is 15.4. The molecule has 20 heavy (non-hydrogen) atoms. The number of anilines is 1. The number of aliphatic hydroxyl groups excluding tert-OH is 1. The van der Waals surface area contributed by atoms with Gasteiger partial charge in [0, 0.05) is 10.6 Å². The fraction of sp³-hybridized carbons (Fsp3) is 0.312. The summed E-state index contributed by atoms with van der Waals surface area (Å²) in [5.74, 6) is -0.0347. The lowest BCUT2D eigenvalue weighted by atomic mass is 9.92. The van der Waals surface area contributed by atoms with Crippen molar-refractivity contribution in [1.29, 1.82) is 0 Å². The van der Waals surface area contributed by atoms with Crippen molar-refractivity contribution in [2.24, 2.45) is 0 Å². The maximum absolute atomic E-state index is 12.0. The van der Waals surface area contributed by atoms with Crippen molar-refractivity contribution >= 4 is 22.9 Å². The van der Waals surface area contributed by atoms with E-state index in [1.807, 2.05) is 43.5 Å². The minimum Gasteiger partial charge on any atom is -0.383 e. The predicted octanol–water partition coefficient (Wildman–Crippen LogP) is 3.58. The van der Waals surface area contributed by atoms with Crippen LogP contribution >= 0.6 is 11.3 Å². The molecule has 2 atom stereocenters. The Kier molecular flexibility index (Phi) is 3.36. The first-order valence-corrected chi connectivity index (χ1v) is 7.66. The number of aryl methyl sites for hydroxylation is 1. The maximum Gasteiger partial charge on any atom is 0.232 e. The third-order valence-electron chi connectivity index (χ3n) is 3.87. The molecule has 1 aliphatic heterocycles. The van der Waals surface area contributed by atoms with Gasteiger partial charge in [-0.15, -0.1) is 11.3 Å². The van der Waals surface area contributed by atoms with Crippen LogP contribution in [-0.2, 0) is 4.79 Å². The molecule has 2 unspecified atom stereocenters. The van der Waals surface area contributed by atoms with Gasteiger partial charge < -0.3 is 10.4 Å². The summed E-state index contributed by atoms with van der Waals surface area (Å²) in [6, 6.07) is 7.79. The van der Waals surface area contributed by atoms with Crippen LogP contribution in [0.4, 0.5) is 5.69 Å². The van der Waals surface area contributed by atoms with Crippen LogP contribution in [0.3, 0.4) is 0 Å². The second kappa shape index (κ2) is 5.04. The first-order valence-electron chi connectivity index (χ1n) is 6.78. The van der Waals surface area contributed by atoms with Gasteiger partial charge in [0.1, 0.15) is 6.10 Å². The Bertz CT molecular complexity index is 649. The summed E-state index contributed by atoms with van der Waals surface area (Å²) in [5.41, 5.74) is 3.81. The highest BCUT2D eigenvalue weighted by Crippen LogP contribution is 2.39. The van der Waals surface area contributed by atoms with Crippen molar-refractivity contribution in [1.82, 2.24) is 0 Å². The molecule has 3 rings (SSSR count). The topological polar surface area (TPSA) is 49.3 Å². The lowest BCUT2D eigenvalue weighted by molar-refractivity contribution is -0.117. The molecule has 0 spiro atoms. The lowest BCUT2D eigenvalue weighted by Crippen LogP contribution is -2.10. The van der Waals surface area contributed by atoms with E-state index in [0.717, 1.165) is 33.7 Å². The smallest absolute Gasteiger partial charge is 0.232 e. The van der Waals surface area contributed by atoms with Crippen molar-refractivity contribution in [3.63, 3.8) is 0 Å². The molecule has 2 heterocycles. The highest BCUT2D eigenvalue weighted by molar-refractivity contribution is 7.10. The quantitative estimate of drug-likeness (QED) is 0.906. The highest BCUT2D eigenvalue weighted by atomic mass is 32.1. The number of carbonyl (C=O) groups is 1. The fourth-order valence-electron chi connectivity index (χ4n) is 2.81. The van der Waals surface area contributed by atoms with Gasteiger partial charge in [-0.1, -0.05) is 19.1 Å². The molecule has 0 saturated heterocycles. The van der Waals surface area contributed by atoms with Gasteiger partial charge in [0.25, 0.3) is 0 Å². The molecule has 2 aromatic rings. The van der Waals surface area contributed by atoms with Gasteiger partial charge >= 0.3 is 0 Å². The molecular weight excluding hydrogens is 270 g/mol. The number of aliphatic hydroxyl groups is 1. The first-order chi connectivity index (χ1) is 9.61. The van der Waals surface area contributed by atoms with Gasteiger partial charge in [0.05, 0.1) is 5.92 Å². The molecule has 0 saturated carbocycles. The van der Waals surface area contributed by atoms with Crippen molar-refractivity contribution < 1.29 is 9.90 Å². The largest absolute Gasteiger partial charge is 0.383 e. The van der Waals surface area contributed by atoms with E-state index in [9.17, 15) is 9.90 Å². The van der Waals surface area contributed by atoms with Gasteiger partial charge in [-0.3, -0.25) is 4.79 Å².